The Morgan fingerprint density at radius 2 is 2.05 bits per heavy atom. The quantitative estimate of drug-likeness (QED) is 0.816. The van der Waals surface area contributed by atoms with Gasteiger partial charge in [-0.15, -0.1) is 0 Å². The number of hydrogen-bond donors (Lipinski definition) is 0. The standard InChI is InChI=1S/C15H24BrN3O3/c1-15(2,3)22-14(20)19-7-5-12(6-8-19)21-10-11-9-17-18(4)13(11)16/h9,12H,5-8,10H2,1-4H3. The van der Waals surface area contributed by atoms with E-state index in [1.54, 1.807) is 15.8 Å². The van der Waals surface area contributed by atoms with E-state index in [1.807, 2.05) is 27.8 Å². The van der Waals surface area contributed by atoms with E-state index in [0.29, 0.717) is 19.7 Å². The molecule has 7 heteroatoms. The molecule has 1 aromatic rings. The number of hydrogen-bond acceptors (Lipinski definition) is 4. The fraction of sp³-hybridized carbons (Fsp3) is 0.733. The Bertz CT molecular complexity index is 517. The average Bonchev–Trinajstić information content (AvgIpc) is 2.75. The molecule has 22 heavy (non-hydrogen) atoms. The number of carbonyl (C=O) groups excluding carboxylic acids is 1. The summed E-state index contributed by atoms with van der Waals surface area (Å²) in [5, 5.41) is 4.17. The van der Waals surface area contributed by atoms with Crippen molar-refractivity contribution in [3.63, 3.8) is 0 Å². The van der Waals surface area contributed by atoms with E-state index in [4.69, 9.17) is 9.47 Å². The lowest BCUT2D eigenvalue weighted by molar-refractivity contribution is -0.0171. The third-order valence-corrected chi connectivity index (χ3v) is 4.53. The molecular weight excluding hydrogens is 350 g/mol. The van der Waals surface area contributed by atoms with Crippen molar-refractivity contribution in [1.82, 2.24) is 14.7 Å². The Morgan fingerprint density at radius 1 is 1.41 bits per heavy atom. The van der Waals surface area contributed by atoms with Gasteiger partial charge in [0.1, 0.15) is 10.2 Å². The predicted molar refractivity (Wildman–Crippen MR) is 86.5 cm³/mol. The highest BCUT2D eigenvalue weighted by atomic mass is 79.9. The van der Waals surface area contributed by atoms with Gasteiger partial charge in [-0.2, -0.15) is 5.10 Å². The van der Waals surface area contributed by atoms with E-state index >= 15 is 0 Å². The van der Waals surface area contributed by atoms with Gasteiger partial charge in [0.15, 0.2) is 0 Å². The Labute approximate surface area is 139 Å². The molecule has 0 atom stereocenters. The smallest absolute Gasteiger partial charge is 0.410 e. The minimum absolute atomic E-state index is 0.172. The number of aryl methyl sites for hydroxylation is 1. The Morgan fingerprint density at radius 3 is 2.55 bits per heavy atom. The first-order valence-corrected chi connectivity index (χ1v) is 8.31. The predicted octanol–water partition coefficient (Wildman–Crippen LogP) is 3.10. The maximum Gasteiger partial charge on any atom is 0.410 e. The molecular formula is C15H24BrN3O3. The number of carbonyl (C=O) groups is 1. The van der Waals surface area contributed by atoms with Crippen LogP contribution in [0.5, 0.6) is 0 Å². The molecule has 2 heterocycles. The SMILES string of the molecule is Cn1ncc(COC2CCN(C(=O)OC(C)(C)C)CC2)c1Br. The number of ether oxygens (including phenoxy) is 2. The fourth-order valence-corrected chi connectivity index (χ4v) is 2.61. The normalized spacial score (nSPS) is 16.9. The summed E-state index contributed by atoms with van der Waals surface area (Å²) in [4.78, 5) is 13.7. The van der Waals surface area contributed by atoms with Crippen LogP contribution in [0.1, 0.15) is 39.2 Å². The van der Waals surface area contributed by atoms with Gasteiger partial charge in [0.2, 0.25) is 0 Å². The molecule has 2 rings (SSSR count). The summed E-state index contributed by atoms with van der Waals surface area (Å²) in [6.45, 7) is 7.53. The maximum atomic E-state index is 12.0. The third kappa shape index (κ3) is 4.71. The van der Waals surface area contributed by atoms with Crippen LogP contribution in [0.4, 0.5) is 4.79 Å². The summed E-state index contributed by atoms with van der Waals surface area (Å²) in [5.41, 5.74) is 0.592. The monoisotopic (exact) mass is 373 g/mol. The number of nitrogens with zero attached hydrogens (tertiary/aromatic N) is 3. The molecule has 0 aromatic carbocycles. The van der Waals surface area contributed by atoms with Crippen molar-refractivity contribution in [3.05, 3.63) is 16.4 Å². The molecule has 0 unspecified atom stereocenters. The van der Waals surface area contributed by atoms with Crippen molar-refractivity contribution >= 4 is 22.0 Å². The minimum atomic E-state index is -0.447. The minimum Gasteiger partial charge on any atom is -0.444 e. The van der Waals surface area contributed by atoms with E-state index in [1.165, 1.54) is 0 Å². The molecule has 124 valence electrons. The van der Waals surface area contributed by atoms with E-state index in [9.17, 15) is 4.79 Å². The zero-order valence-electron chi connectivity index (χ0n) is 13.6. The molecule has 1 amide bonds. The lowest BCUT2D eigenvalue weighted by atomic mass is 10.1. The van der Waals surface area contributed by atoms with Gasteiger partial charge in [-0.3, -0.25) is 4.68 Å². The molecule has 6 nitrogen and oxygen atoms in total. The fourth-order valence-electron chi connectivity index (χ4n) is 2.30. The Balaban J connectivity index is 1.75. The average molecular weight is 374 g/mol. The molecule has 1 aliphatic rings. The van der Waals surface area contributed by atoms with E-state index in [0.717, 1.165) is 23.0 Å². The van der Waals surface area contributed by atoms with Gasteiger partial charge in [0.05, 0.1) is 18.9 Å². The second-order valence-corrected chi connectivity index (χ2v) is 7.31. The van der Waals surface area contributed by atoms with Crippen molar-refractivity contribution in [2.24, 2.45) is 7.05 Å². The third-order valence-electron chi connectivity index (χ3n) is 3.50. The maximum absolute atomic E-state index is 12.0. The Kier molecular flexibility index (Phi) is 5.50. The number of rotatable bonds is 3. The summed E-state index contributed by atoms with van der Waals surface area (Å²) < 4.78 is 14.0. The molecule has 0 aliphatic carbocycles. The largest absolute Gasteiger partial charge is 0.444 e. The molecule has 0 bridgehead atoms. The summed E-state index contributed by atoms with van der Waals surface area (Å²) >= 11 is 3.48. The molecule has 0 radical (unpaired) electrons. The van der Waals surface area contributed by atoms with Crippen LogP contribution >= 0.6 is 15.9 Å². The van der Waals surface area contributed by atoms with Gasteiger partial charge in [-0.25, -0.2) is 4.79 Å². The van der Waals surface area contributed by atoms with Crippen LogP contribution in [0.2, 0.25) is 0 Å². The second-order valence-electron chi connectivity index (χ2n) is 6.56. The number of amides is 1. The van der Waals surface area contributed by atoms with Crippen molar-refractivity contribution in [2.45, 2.75) is 51.9 Å². The number of likely N-dealkylation sites (tertiary alicyclic amines) is 1. The van der Waals surface area contributed by atoms with Gasteiger partial charge < -0.3 is 14.4 Å². The number of piperidine rings is 1. The molecule has 1 fully saturated rings. The van der Waals surface area contributed by atoms with E-state index < -0.39 is 5.60 Å². The molecule has 1 aliphatic heterocycles. The lowest BCUT2D eigenvalue weighted by Crippen LogP contribution is -2.43. The van der Waals surface area contributed by atoms with Crippen LogP contribution in [-0.2, 0) is 23.1 Å². The molecule has 0 N–H and O–H groups in total. The lowest BCUT2D eigenvalue weighted by Gasteiger charge is -2.33. The number of halogens is 1. The van der Waals surface area contributed by atoms with Crippen molar-refractivity contribution in [1.29, 1.82) is 0 Å². The highest BCUT2D eigenvalue weighted by Gasteiger charge is 2.27. The molecule has 0 spiro atoms. The van der Waals surface area contributed by atoms with Gasteiger partial charge in [0, 0.05) is 25.7 Å². The first-order chi connectivity index (χ1) is 10.3. The summed E-state index contributed by atoms with van der Waals surface area (Å²) in [7, 11) is 1.88. The van der Waals surface area contributed by atoms with Crippen molar-refractivity contribution in [2.75, 3.05) is 13.1 Å². The Hall–Kier alpha value is -1.08. The van der Waals surface area contributed by atoms with Crippen LogP contribution < -0.4 is 0 Å². The highest BCUT2D eigenvalue weighted by Crippen LogP contribution is 2.21. The second kappa shape index (κ2) is 7.00. The van der Waals surface area contributed by atoms with Gasteiger partial charge in [-0.1, -0.05) is 0 Å². The van der Waals surface area contributed by atoms with Crippen LogP contribution in [-0.4, -0.2) is 45.6 Å². The van der Waals surface area contributed by atoms with Crippen LogP contribution in [0, 0.1) is 0 Å². The zero-order valence-corrected chi connectivity index (χ0v) is 15.2. The summed E-state index contributed by atoms with van der Waals surface area (Å²) in [6, 6.07) is 0. The first kappa shape index (κ1) is 17.3. The highest BCUT2D eigenvalue weighted by molar-refractivity contribution is 9.10. The van der Waals surface area contributed by atoms with Crippen LogP contribution in [0.3, 0.4) is 0 Å². The summed E-state index contributed by atoms with van der Waals surface area (Å²) in [5.74, 6) is 0. The van der Waals surface area contributed by atoms with E-state index in [-0.39, 0.29) is 12.2 Å². The molecule has 0 saturated carbocycles. The van der Waals surface area contributed by atoms with Gasteiger partial charge >= 0.3 is 6.09 Å². The van der Waals surface area contributed by atoms with Crippen LogP contribution in [0.25, 0.3) is 0 Å². The zero-order chi connectivity index (χ0) is 16.3. The van der Waals surface area contributed by atoms with Crippen molar-refractivity contribution in [3.8, 4) is 0 Å². The number of aromatic nitrogens is 2. The van der Waals surface area contributed by atoms with E-state index in [2.05, 4.69) is 21.0 Å². The van der Waals surface area contributed by atoms with Crippen LogP contribution in [0.15, 0.2) is 10.8 Å². The van der Waals surface area contributed by atoms with Crippen molar-refractivity contribution < 1.29 is 14.3 Å². The topological polar surface area (TPSA) is 56.6 Å². The van der Waals surface area contributed by atoms with Gasteiger partial charge in [0.25, 0.3) is 0 Å². The molecule has 1 aromatic heterocycles. The molecule has 1 saturated heterocycles. The first-order valence-electron chi connectivity index (χ1n) is 7.52. The van der Waals surface area contributed by atoms with Gasteiger partial charge in [-0.05, 0) is 49.5 Å². The summed E-state index contributed by atoms with van der Waals surface area (Å²) in [6.07, 6.45) is 3.40.